The molecule has 1 N–H and O–H groups in total. The summed E-state index contributed by atoms with van der Waals surface area (Å²) in [6.45, 7) is 0.592. The molecule has 0 spiro atoms. The number of hydrogen-bond acceptors (Lipinski definition) is 2. The van der Waals surface area contributed by atoms with Gasteiger partial charge in [-0.3, -0.25) is 0 Å². The van der Waals surface area contributed by atoms with Crippen molar-refractivity contribution in [3.8, 4) is 5.75 Å². The fourth-order valence-electron chi connectivity index (χ4n) is 2.75. The van der Waals surface area contributed by atoms with E-state index < -0.39 is 17.7 Å². The van der Waals surface area contributed by atoms with Gasteiger partial charge in [-0.2, -0.15) is 0 Å². The van der Waals surface area contributed by atoms with Crippen LogP contribution in [0.25, 0.3) is 0 Å². The maximum Gasteiger partial charge on any atom is 0.131 e. The third-order valence-electron chi connectivity index (χ3n) is 3.67. The maximum absolute atomic E-state index is 14.1. The van der Waals surface area contributed by atoms with Gasteiger partial charge in [0.05, 0.1) is 12.6 Å². The quantitative estimate of drug-likeness (QED) is 0.901. The van der Waals surface area contributed by atoms with Crippen molar-refractivity contribution in [1.29, 1.82) is 0 Å². The van der Waals surface area contributed by atoms with Gasteiger partial charge in [0.25, 0.3) is 0 Å². The van der Waals surface area contributed by atoms with Gasteiger partial charge in [0.2, 0.25) is 0 Å². The molecule has 3 rings (SSSR count). The van der Waals surface area contributed by atoms with Gasteiger partial charge in [0.15, 0.2) is 0 Å². The van der Waals surface area contributed by atoms with Gasteiger partial charge in [0.1, 0.15) is 17.4 Å². The fraction of sp³-hybridized carbons (Fsp3) is 0.250. The minimum atomic E-state index is -0.601. The molecular weight excluding hydrogens is 340 g/mol. The van der Waals surface area contributed by atoms with E-state index >= 15 is 0 Å². The van der Waals surface area contributed by atoms with Crippen molar-refractivity contribution in [3.63, 3.8) is 0 Å². The number of benzene rings is 2. The lowest BCUT2D eigenvalue weighted by Gasteiger charge is -2.21. The molecule has 0 aromatic heterocycles. The zero-order valence-electron chi connectivity index (χ0n) is 11.4. The summed E-state index contributed by atoms with van der Waals surface area (Å²) in [6.07, 6.45) is 0.804. The van der Waals surface area contributed by atoms with Crippen molar-refractivity contribution < 1.29 is 13.5 Å². The summed E-state index contributed by atoms with van der Waals surface area (Å²) >= 11 is 3.45. The van der Waals surface area contributed by atoms with Crippen LogP contribution in [0.4, 0.5) is 8.78 Å². The molecule has 1 aliphatic heterocycles. The number of hydrogen-bond donors (Lipinski definition) is 1. The van der Waals surface area contributed by atoms with Gasteiger partial charge >= 0.3 is 0 Å². The summed E-state index contributed by atoms with van der Waals surface area (Å²) in [5, 5.41) is 2.99. The molecule has 2 aromatic rings. The number of ether oxygens (including phenoxy) is 1. The second-order valence-electron chi connectivity index (χ2n) is 4.94. The van der Waals surface area contributed by atoms with Crippen LogP contribution in [0.5, 0.6) is 5.75 Å². The van der Waals surface area contributed by atoms with Crippen LogP contribution in [0.15, 0.2) is 34.8 Å². The van der Waals surface area contributed by atoms with Gasteiger partial charge in [-0.1, -0.05) is 22.0 Å². The highest BCUT2D eigenvalue weighted by Crippen LogP contribution is 2.39. The van der Waals surface area contributed by atoms with Crippen LogP contribution in [-0.2, 0) is 6.42 Å². The van der Waals surface area contributed by atoms with E-state index in [4.69, 9.17) is 4.74 Å². The first-order chi connectivity index (χ1) is 10.1. The van der Waals surface area contributed by atoms with Crippen LogP contribution in [-0.4, -0.2) is 13.7 Å². The van der Waals surface area contributed by atoms with E-state index in [2.05, 4.69) is 21.2 Å². The molecule has 110 valence electrons. The number of halogens is 3. The van der Waals surface area contributed by atoms with Crippen molar-refractivity contribution in [3.05, 3.63) is 63.1 Å². The molecule has 0 radical (unpaired) electrons. The molecule has 21 heavy (non-hydrogen) atoms. The Morgan fingerprint density at radius 2 is 1.95 bits per heavy atom. The fourth-order valence-corrected chi connectivity index (χ4v) is 3.28. The van der Waals surface area contributed by atoms with E-state index in [1.165, 1.54) is 18.2 Å². The van der Waals surface area contributed by atoms with Gasteiger partial charge in [-0.25, -0.2) is 8.78 Å². The highest BCUT2D eigenvalue weighted by atomic mass is 79.9. The van der Waals surface area contributed by atoms with E-state index in [0.717, 1.165) is 27.8 Å². The molecular formula is C16H14BrF2NO. The second-order valence-corrected chi connectivity index (χ2v) is 5.85. The van der Waals surface area contributed by atoms with Crippen LogP contribution in [0.1, 0.15) is 22.7 Å². The molecule has 0 aliphatic carbocycles. The van der Waals surface area contributed by atoms with Crippen molar-refractivity contribution in [2.45, 2.75) is 12.5 Å². The number of nitrogens with one attached hydrogen (secondary N) is 1. The smallest absolute Gasteiger partial charge is 0.131 e. The van der Waals surface area contributed by atoms with E-state index in [-0.39, 0.29) is 5.56 Å². The van der Waals surface area contributed by atoms with Crippen LogP contribution < -0.4 is 10.1 Å². The number of fused-ring (bicyclic) bond motifs is 1. The van der Waals surface area contributed by atoms with Crippen LogP contribution in [0.3, 0.4) is 0 Å². The van der Waals surface area contributed by atoms with Crippen molar-refractivity contribution in [1.82, 2.24) is 5.32 Å². The number of rotatable bonds is 3. The predicted molar refractivity (Wildman–Crippen MR) is 80.6 cm³/mol. The molecule has 5 heteroatoms. The standard InChI is InChI=1S/C16H14BrF2NO/c1-20-15(14-12(18)3-2-4-13(14)19)11-8-10(17)7-9-5-6-21-16(9)11/h2-4,7-8,15,20H,5-6H2,1H3. The topological polar surface area (TPSA) is 21.3 Å². The van der Waals surface area contributed by atoms with Crippen molar-refractivity contribution in [2.24, 2.45) is 0 Å². The summed E-state index contributed by atoms with van der Waals surface area (Å²) in [4.78, 5) is 0. The summed E-state index contributed by atoms with van der Waals surface area (Å²) in [7, 11) is 1.68. The van der Waals surface area contributed by atoms with Crippen LogP contribution in [0.2, 0.25) is 0 Å². The molecule has 0 saturated carbocycles. The van der Waals surface area contributed by atoms with Gasteiger partial charge in [0, 0.05) is 22.0 Å². The second kappa shape index (κ2) is 5.73. The molecule has 0 fully saturated rings. The van der Waals surface area contributed by atoms with E-state index in [9.17, 15) is 8.78 Å². The largest absolute Gasteiger partial charge is 0.493 e. The third-order valence-corrected chi connectivity index (χ3v) is 4.12. The molecule has 2 nitrogen and oxygen atoms in total. The maximum atomic E-state index is 14.1. The van der Waals surface area contributed by atoms with Gasteiger partial charge in [-0.15, -0.1) is 0 Å². The monoisotopic (exact) mass is 353 g/mol. The molecule has 1 unspecified atom stereocenters. The summed E-state index contributed by atoms with van der Waals surface area (Å²) in [5.41, 5.74) is 1.80. The van der Waals surface area contributed by atoms with Gasteiger partial charge < -0.3 is 10.1 Å². The van der Waals surface area contributed by atoms with Crippen molar-refractivity contribution in [2.75, 3.05) is 13.7 Å². The lowest BCUT2D eigenvalue weighted by Crippen LogP contribution is -2.21. The zero-order valence-corrected chi connectivity index (χ0v) is 13.0. The Morgan fingerprint density at radius 3 is 2.62 bits per heavy atom. The highest BCUT2D eigenvalue weighted by Gasteiger charge is 2.27. The Balaban J connectivity index is 2.18. The molecule has 1 atom stereocenters. The minimum Gasteiger partial charge on any atom is -0.493 e. The van der Waals surface area contributed by atoms with Crippen LogP contribution in [0, 0.1) is 11.6 Å². The SMILES string of the molecule is CNC(c1cc(Br)cc2c1OCC2)c1c(F)cccc1F. The molecule has 1 heterocycles. The van der Waals surface area contributed by atoms with E-state index in [0.29, 0.717) is 6.61 Å². The summed E-state index contributed by atoms with van der Waals surface area (Å²) in [6, 6.07) is 7.12. The normalized spacial score (nSPS) is 14.7. The molecule has 0 bridgehead atoms. The van der Waals surface area contributed by atoms with Crippen molar-refractivity contribution >= 4 is 15.9 Å². The lowest BCUT2D eigenvalue weighted by atomic mass is 9.95. The average molecular weight is 354 g/mol. The zero-order chi connectivity index (χ0) is 15.0. The first kappa shape index (κ1) is 14.5. The summed E-state index contributed by atoms with van der Waals surface area (Å²) in [5.74, 6) is -0.414. The third kappa shape index (κ3) is 2.56. The first-order valence-corrected chi connectivity index (χ1v) is 7.47. The highest BCUT2D eigenvalue weighted by molar-refractivity contribution is 9.10. The van der Waals surface area contributed by atoms with Gasteiger partial charge in [-0.05, 0) is 36.9 Å². The minimum absolute atomic E-state index is 0.0100. The lowest BCUT2D eigenvalue weighted by molar-refractivity contribution is 0.350. The molecule has 0 saturated heterocycles. The molecule has 0 amide bonds. The van der Waals surface area contributed by atoms with E-state index in [1.54, 1.807) is 7.05 Å². The Bertz CT molecular complexity index is 670. The Morgan fingerprint density at radius 1 is 1.24 bits per heavy atom. The van der Waals surface area contributed by atoms with Crippen LogP contribution >= 0.6 is 15.9 Å². The molecule has 2 aromatic carbocycles. The summed E-state index contributed by atoms with van der Waals surface area (Å²) < 4.78 is 34.7. The Labute approximate surface area is 130 Å². The Kier molecular flexibility index (Phi) is 3.95. The average Bonchev–Trinajstić information content (AvgIpc) is 2.90. The van der Waals surface area contributed by atoms with E-state index in [1.807, 2.05) is 12.1 Å². The predicted octanol–water partition coefficient (Wildman–Crippen LogP) is 3.97. The Hall–Kier alpha value is -1.46. The molecule has 1 aliphatic rings. The first-order valence-electron chi connectivity index (χ1n) is 6.68.